The van der Waals surface area contributed by atoms with Crippen molar-refractivity contribution in [3.8, 4) is 10.6 Å². The van der Waals surface area contributed by atoms with Crippen molar-refractivity contribution in [2.24, 2.45) is 0 Å². The zero-order valence-electron chi connectivity index (χ0n) is 10.5. The molecule has 0 aliphatic rings. The molecular formula is C12H12ClFN2O3S. The fourth-order valence-corrected chi connectivity index (χ4v) is 3.05. The molecule has 2 rings (SSSR count). The molecule has 5 nitrogen and oxygen atoms in total. The Balaban J connectivity index is 2.18. The van der Waals surface area contributed by atoms with Crippen molar-refractivity contribution in [3.05, 3.63) is 39.6 Å². The Morgan fingerprint density at radius 3 is 2.85 bits per heavy atom. The first-order chi connectivity index (χ1) is 9.47. The molecule has 0 aliphatic carbocycles. The first-order valence-corrected chi connectivity index (χ1v) is 6.89. The molecule has 108 valence electrons. The number of aromatic nitrogens is 1. The van der Waals surface area contributed by atoms with E-state index in [1.54, 1.807) is 6.07 Å². The number of hydrogen-bond donors (Lipinski definition) is 2. The Morgan fingerprint density at radius 1 is 1.45 bits per heavy atom. The van der Waals surface area contributed by atoms with Crippen molar-refractivity contribution in [1.82, 2.24) is 10.4 Å². The molecule has 0 spiro atoms. The Hall–Kier alpha value is -1.09. The Morgan fingerprint density at radius 2 is 2.20 bits per heavy atom. The van der Waals surface area contributed by atoms with E-state index in [4.69, 9.17) is 22.0 Å². The zero-order chi connectivity index (χ0) is 14.7. The summed E-state index contributed by atoms with van der Waals surface area (Å²) in [6.45, 7) is 1.94. The van der Waals surface area contributed by atoms with Crippen LogP contribution in [0.3, 0.4) is 0 Å². The van der Waals surface area contributed by atoms with Crippen LogP contribution in [0.1, 0.15) is 10.6 Å². The number of thiazole rings is 1. The van der Waals surface area contributed by atoms with Crippen LogP contribution in [0.2, 0.25) is 5.02 Å². The third kappa shape index (κ3) is 3.72. The van der Waals surface area contributed by atoms with Gasteiger partial charge in [-0.2, -0.15) is 0 Å². The van der Waals surface area contributed by atoms with E-state index in [1.807, 2.05) is 6.92 Å². The molecule has 20 heavy (non-hydrogen) atoms. The van der Waals surface area contributed by atoms with Gasteiger partial charge in [-0.15, -0.1) is 11.3 Å². The molecule has 0 atom stereocenters. The Kier molecular flexibility index (Phi) is 5.03. The molecule has 0 aliphatic heterocycles. The average molecular weight is 319 g/mol. The van der Waals surface area contributed by atoms with Gasteiger partial charge in [0.15, 0.2) is 0 Å². The molecule has 0 saturated carbocycles. The molecule has 1 aromatic heterocycles. The summed E-state index contributed by atoms with van der Waals surface area (Å²) in [5.41, 5.74) is 1.47. The fraction of sp³-hybridized carbons (Fsp3) is 0.250. The number of rotatable bonds is 5. The Labute approximate surface area is 123 Å². The van der Waals surface area contributed by atoms with Crippen LogP contribution >= 0.6 is 22.9 Å². The molecule has 1 heterocycles. The lowest BCUT2D eigenvalue weighted by Crippen LogP contribution is -2.16. The minimum atomic E-state index is -0.397. The molecule has 2 aromatic rings. The highest BCUT2D eigenvalue weighted by molar-refractivity contribution is 7.15. The predicted octanol–water partition coefficient (Wildman–Crippen LogP) is 3.47. The minimum Gasteiger partial charge on any atom is -0.266 e. The summed E-state index contributed by atoms with van der Waals surface area (Å²) in [6, 6.07) is 4.15. The second-order valence-electron chi connectivity index (χ2n) is 3.99. The van der Waals surface area contributed by atoms with E-state index >= 15 is 0 Å². The fourth-order valence-electron chi connectivity index (χ4n) is 1.66. The molecule has 0 bridgehead atoms. The van der Waals surface area contributed by atoms with Gasteiger partial charge in [0.1, 0.15) is 10.8 Å². The number of aryl methyl sites for hydroxylation is 1. The molecule has 2 N–H and O–H groups in total. The summed E-state index contributed by atoms with van der Waals surface area (Å²) in [5, 5.41) is 17.6. The second kappa shape index (κ2) is 6.57. The van der Waals surface area contributed by atoms with E-state index in [1.165, 1.54) is 23.5 Å². The second-order valence-corrected chi connectivity index (χ2v) is 5.48. The molecule has 0 unspecified atom stereocenters. The number of nitrogens with zero attached hydrogens (tertiary/aromatic N) is 2. The maximum atomic E-state index is 13.0. The highest BCUT2D eigenvalue weighted by Crippen LogP contribution is 2.33. The van der Waals surface area contributed by atoms with Crippen molar-refractivity contribution in [1.29, 1.82) is 0 Å². The van der Waals surface area contributed by atoms with E-state index in [-0.39, 0.29) is 12.0 Å². The molecule has 0 fully saturated rings. The predicted molar refractivity (Wildman–Crippen MR) is 72.3 cm³/mol. The molecular weight excluding hydrogens is 307 g/mol. The van der Waals surface area contributed by atoms with Gasteiger partial charge < -0.3 is 0 Å². The van der Waals surface area contributed by atoms with Gasteiger partial charge in [-0.05, 0) is 25.1 Å². The van der Waals surface area contributed by atoms with Crippen LogP contribution in [0.15, 0.2) is 18.2 Å². The monoisotopic (exact) mass is 318 g/mol. The molecule has 0 radical (unpaired) electrons. The SMILES string of the molecule is Cc1nc(-c2ccc(F)cc2Cl)sc1CCON(O)O. The lowest BCUT2D eigenvalue weighted by molar-refractivity contribution is -0.492. The van der Waals surface area contributed by atoms with Crippen LogP contribution in [-0.2, 0) is 11.3 Å². The third-order valence-electron chi connectivity index (χ3n) is 2.59. The number of halogens is 2. The van der Waals surface area contributed by atoms with Crippen molar-refractivity contribution >= 4 is 22.9 Å². The summed E-state index contributed by atoms with van der Waals surface area (Å²) < 4.78 is 13.0. The van der Waals surface area contributed by atoms with Gasteiger partial charge in [0.2, 0.25) is 0 Å². The number of benzene rings is 1. The van der Waals surface area contributed by atoms with Crippen LogP contribution in [0, 0.1) is 12.7 Å². The lowest BCUT2D eigenvalue weighted by atomic mass is 10.2. The quantitative estimate of drug-likeness (QED) is 0.826. The van der Waals surface area contributed by atoms with Gasteiger partial charge in [-0.3, -0.25) is 15.3 Å². The molecule has 0 amide bonds. The van der Waals surface area contributed by atoms with E-state index in [0.717, 1.165) is 10.6 Å². The third-order valence-corrected chi connectivity index (χ3v) is 4.15. The van der Waals surface area contributed by atoms with Crippen molar-refractivity contribution in [2.45, 2.75) is 13.3 Å². The van der Waals surface area contributed by atoms with E-state index in [9.17, 15) is 4.39 Å². The first kappa shape index (κ1) is 15.3. The van der Waals surface area contributed by atoms with E-state index < -0.39 is 5.82 Å². The van der Waals surface area contributed by atoms with Gasteiger partial charge in [0.25, 0.3) is 0 Å². The van der Waals surface area contributed by atoms with Crippen LogP contribution < -0.4 is 0 Å². The maximum Gasteiger partial charge on any atom is 0.125 e. The van der Waals surface area contributed by atoms with E-state index in [2.05, 4.69) is 9.82 Å². The zero-order valence-corrected chi connectivity index (χ0v) is 12.1. The average Bonchev–Trinajstić information content (AvgIpc) is 2.70. The van der Waals surface area contributed by atoms with Crippen LogP contribution in [0.4, 0.5) is 4.39 Å². The summed E-state index contributed by atoms with van der Waals surface area (Å²) in [7, 11) is 0. The van der Waals surface area contributed by atoms with Crippen LogP contribution in [-0.4, -0.2) is 27.4 Å². The van der Waals surface area contributed by atoms with Gasteiger partial charge >= 0.3 is 0 Å². The highest BCUT2D eigenvalue weighted by Gasteiger charge is 2.13. The van der Waals surface area contributed by atoms with Gasteiger partial charge in [-0.25, -0.2) is 9.37 Å². The maximum absolute atomic E-state index is 13.0. The van der Waals surface area contributed by atoms with Crippen molar-refractivity contribution in [2.75, 3.05) is 6.61 Å². The normalized spacial score (nSPS) is 11.3. The van der Waals surface area contributed by atoms with Crippen molar-refractivity contribution < 1.29 is 19.6 Å². The standard InChI is InChI=1S/C12H12ClFN2O3S/c1-7-11(4-5-19-16(17)18)20-12(15-7)9-3-2-8(14)6-10(9)13/h2-3,6,17-18H,4-5H2,1H3. The topological polar surface area (TPSA) is 65.8 Å². The number of hydrogen-bond acceptors (Lipinski definition) is 6. The van der Waals surface area contributed by atoms with Crippen LogP contribution in [0.25, 0.3) is 10.6 Å². The summed E-state index contributed by atoms with van der Waals surface area (Å²) in [6.07, 6.45) is 0.472. The smallest absolute Gasteiger partial charge is 0.125 e. The van der Waals surface area contributed by atoms with Gasteiger partial charge in [0.05, 0.1) is 22.7 Å². The highest BCUT2D eigenvalue weighted by atomic mass is 35.5. The van der Waals surface area contributed by atoms with Crippen LogP contribution in [0.5, 0.6) is 0 Å². The Bertz CT molecular complexity index is 606. The lowest BCUT2D eigenvalue weighted by Gasteiger charge is -2.04. The largest absolute Gasteiger partial charge is 0.266 e. The minimum absolute atomic E-state index is 0.104. The molecule has 0 saturated heterocycles. The molecule has 1 aromatic carbocycles. The molecule has 8 heteroatoms. The van der Waals surface area contributed by atoms with E-state index in [0.29, 0.717) is 22.0 Å². The van der Waals surface area contributed by atoms with Gasteiger partial charge in [0, 0.05) is 16.9 Å². The summed E-state index contributed by atoms with van der Waals surface area (Å²) in [4.78, 5) is 9.82. The van der Waals surface area contributed by atoms with Crippen molar-refractivity contribution in [3.63, 3.8) is 0 Å². The first-order valence-electron chi connectivity index (χ1n) is 5.70. The summed E-state index contributed by atoms with van der Waals surface area (Å²) in [5.74, 6) is -0.397. The van der Waals surface area contributed by atoms with Gasteiger partial charge in [-0.1, -0.05) is 11.6 Å². The summed E-state index contributed by atoms with van der Waals surface area (Å²) >= 11 is 7.41.